The van der Waals surface area contributed by atoms with Crippen LogP contribution in [0.3, 0.4) is 0 Å². The smallest absolute Gasteiger partial charge is 0.246 e. The number of carbonyl (C=O) groups excluding carboxylic acids is 2. The topological polar surface area (TPSA) is 100 Å². The lowest BCUT2D eigenvalue weighted by atomic mass is 9.98. The van der Waals surface area contributed by atoms with E-state index in [1.54, 1.807) is 24.8 Å². The quantitative estimate of drug-likeness (QED) is 0.390. The highest BCUT2D eigenvalue weighted by Crippen LogP contribution is 2.20. The summed E-state index contributed by atoms with van der Waals surface area (Å²) in [5.74, 6) is 5.26. The highest BCUT2D eigenvalue weighted by atomic mass is 16.2. The highest BCUT2D eigenvalue weighted by Gasteiger charge is 2.40. The molecule has 1 aliphatic rings. The number of nitrogens with one attached hydrogen (secondary N) is 2. The molecular formula is C12H17N5O2. The molecule has 7 nitrogen and oxygen atoms in total. The molecule has 1 fully saturated rings. The standard InChI is InChI=1S/C12H17N5O2/c1-12(2)11(19)15-10(18)7-17(12)6-8-4-3-5-9(14-8)16-13/h3-5H,6-7,13H2,1-2H3,(H,14,16)(H,15,18,19). The fraction of sp³-hybridized carbons (Fsp3) is 0.417. The fourth-order valence-corrected chi connectivity index (χ4v) is 1.93. The number of carbonyl (C=O) groups is 2. The number of anilines is 1. The van der Waals surface area contributed by atoms with Crippen LogP contribution in [0.25, 0.3) is 0 Å². The predicted molar refractivity (Wildman–Crippen MR) is 69.7 cm³/mol. The Kier molecular flexibility index (Phi) is 3.50. The molecule has 19 heavy (non-hydrogen) atoms. The maximum atomic E-state index is 11.8. The molecule has 0 saturated carbocycles. The van der Waals surface area contributed by atoms with E-state index in [1.165, 1.54) is 0 Å². The number of pyridine rings is 1. The maximum Gasteiger partial charge on any atom is 0.246 e. The molecule has 1 aliphatic heterocycles. The predicted octanol–water partition coefficient (Wildman–Crippen LogP) is -0.396. The largest absolute Gasteiger partial charge is 0.308 e. The molecule has 2 amide bonds. The number of hydrogen-bond acceptors (Lipinski definition) is 6. The van der Waals surface area contributed by atoms with Gasteiger partial charge in [-0.3, -0.25) is 19.8 Å². The van der Waals surface area contributed by atoms with Crippen molar-refractivity contribution >= 4 is 17.6 Å². The van der Waals surface area contributed by atoms with Gasteiger partial charge in [0.05, 0.1) is 17.8 Å². The Morgan fingerprint density at radius 3 is 2.89 bits per heavy atom. The second kappa shape index (κ2) is 4.94. The van der Waals surface area contributed by atoms with Crippen LogP contribution in [0.1, 0.15) is 19.5 Å². The summed E-state index contributed by atoms with van der Waals surface area (Å²) < 4.78 is 0. The summed E-state index contributed by atoms with van der Waals surface area (Å²) >= 11 is 0. The van der Waals surface area contributed by atoms with Crippen molar-refractivity contribution in [3.63, 3.8) is 0 Å². The van der Waals surface area contributed by atoms with E-state index in [2.05, 4.69) is 15.7 Å². The number of hydrazine groups is 1. The van der Waals surface area contributed by atoms with Crippen LogP contribution in [0.4, 0.5) is 5.82 Å². The van der Waals surface area contributed by atoms with Gasteiger partial charge in [0.2, 0.25) is 11.8 Å². The van der Waals surface area contributed by atoms with Crippen molar-refractivity contribution in [3.05, 3.63) is 23.9 Å². The van der Waals surface area contributed by atoms with Crippen molar-refractivity contribution in [2.24, 2.45) is 5.84 Å². The molecule has 1 aromatic heterocycles. The first kappa shape index (κ1) is 13.4. The molecular weight excluding hydrogens is 246 g/mol. The number of hydrogen-bond donors (Lipinski definition) is 3. The third-order valence-corrected chi connectivity index (χ3v) is 3.24. The molecule has 2 heterocycles. The zero-order valence-electron chi connectivity index (χ0n) is 10.9. The van der Waals surface area contributed by atoms with Gasteiger partial charge in [-0.2, -0.15) is 0 Å². The number of nitrogen functional groups attached to an aromatic ring is 1. The number of rotatable bonds is 3. The molecule has 0 unspecified atom stereocenters. The Labute approximate surface area is 111 Å². The molecule has 0 radical (unpaired) electrons. The number of amides is 2. The first-order valence-corrected chi connectivity index (χ1v) is 5.95. The van der Waals surface area contributed by atoms with E-state index in [-0.39, 0.29) is 18.4 Å². The zero-order chi connectivity index (χ0) is 14.0. The Morgan fingerprint density at radius 1 is 1.47 bits per heavy atom. The van der Waals surface area contributed by atoms with Crippen LogP contribution in [0.15, 0.2) is 18.2 Å². The van der Waals surface area contributed by atoms with E-state index in [1.807, 2.05) is 12.1 Å². The summed E-state index contributed by atoms with van der Waals surface area (Å²) in [7, 11) is 0. The Balaban J connectivity index is 2.20. The lowest BCUT2D eigenvalue weighted by molar-refractivity contribution is -0.145. The number of nitrogens with zero attached hydrogens (tertiary/aromatic N) is 2. The summed E-state index contributed by atoms with van der Waals surface area (Å²) in [6, 6.07) is 5.38. The van der Waals surface area contributed by atoms with Crippen molar-refractivity contribution < 1.29 is 9.59 Å². The lowest BCUT2D eigenvalue weighted by Crippen LogP contribution is -2.63. The number of piperazine rings is 1. The SMILES string of the molecule is CC1(C)C(=O)NC(=O)CN1Cc1cccc(NN)n1. The van der Waals surface area contributed by atoms with Gasteiger partial charge >= 0.3 is 0 Å². The van der Waals surface area contributed by atoms with Crippen molar-refractivity contribution in [2.75, 3.05) is 12.0 Å². The normalized spacial score (nSPS) is 19.1. The molecule has 4 N–H and O–H groups in total. The molecule has 0 atom stereocenters. The van der Waals surface area contributed by atoms with Crippen LogP contribution in [0.5, 0.6) is 0 Å². The third kappa shape index (κ3) is 2.72. The molecule has 1 saturated heterocycles. The number of aromatic nitrogens is 1. The molecule has 7 heteroatoms. The van der Waals surface area contributed by atoms with E-state index < -0.39 is 5.54 Å². The van der Waals surface area contributed by atoms with Crippen LogP contribution in [0, 0.1) is 0 Å². The third-order valence-electron chi connectivity index (χ3n) is 3.24. The molecule has 0 aliphatic carbocycles. The summed E-state index contributed by atoms with van der Waals surface area (Å²) in [4.78, 5) is 29.4. The van der Waals surface area contributed by atoms with Crippen molar-refractivity contribution in [3.8, 4) is 0 Å². The van der Waals surface area contributed by atoms with Gasteiger partial charge in [-0.25, -0.2) is 10.8 Å². The summed E-state index contributed by atoms with van der Waals surface area (Å²) in [6.07, 6.45) is 0. The first-order chi connectivity index (χ1) is 8.93. The van der Waals surface area contributed by atoms with Crippen LogP contribution < -0.4 is 16.6 Å². The average molecular weight is 263 g/mol. The van der Waals surface area contributed by atoms with Crippen LogP contribution >= 0.6 is 0 Å². The van der Waals surface area contributed by atoms with Gasteiger partial charge in [0, 0.05) is 6.54 Å². The van der Waals surface area contributed by atoms with Gasteiger partial charge in [0.15, 0.2) is 0 Å². The summed E-state index contributed by atoms with van der Waals surface area (Å²) in [6.45, 7) is 4.13. The molecule has 102 valence electrons. The van der Waals surface area contributed by atoms with E-state index in [0.29, 0.717) is 12.4 Å². The summed E-state index contributed by atoms with van der Waals surface area (Å²) in [5.41, 5.74) is 2.46. The molecule has 1 aromatic rings. The molecule has 2 rings (SSSR count). The minimum Gasteiger partial charge on any atom is -0.308 e. The average Bonchev–Trinajstić information content (AvgIpc) is 2.36. The van der Waals surface area contributed by atoms with E-state index in [9.17, 15) is 9.59 Å². The number of nitrogens with two attached hydrogens (primary N) is 1. The molecule has 0 spiro atoms. The number of imide groups is 1. The Morgan fingerprint density at radius 2 is 2.21 bits per heavy atom. The minimum atomic E-state index is -0.748. The van der Waals surface area contributed by atoms with Crippen LogP contribution in [0.2, 0.25) is 0 Å². The van der Waals surface area contributed by atoms with Crippen molar-refractivity contribution in [1.29, 1.82) is 0 Å². The maximum absolute atomic E-state index is 11.8. The van der Waals surface area contributed by atoms with Gasteiger partial charge in [0.25, 0.3) is 0 Å². The van der Waals surface area contributed by atoms with E-state index >= 15 is 0 Å². The fourth-order valence-electron chi connectivity index (χ4n) is 1.93. The van der Waals surface area contributed by atoms with Crippen LogP contribution in [-0.4, -0.2) is 33.8 Å². The van der Waals surface area contributed by atoms with Crippen molar-refractivity contribution in [1.82, 2.24) is 15.2 Å². The van der Waals surface area contributed by atoms with Gasteiger partial charge in [-0.15, -0.1) is 0 Å². The van der Waals surface area contributed by atoms with E-state index in [0.717, 1.165) is 5.69 Å². The zero-order valence-corrected chi connectivity index (χ0v) is 10.9. The lowest BCUT2D eigenvalue weighted by Gasteiger charge is -2.39. The van der Waals surface area contributed by atoms with Crippen molar-refractivity contribution in [2.45, 2.75) is 25.9 Å². The second-order valence-corrected chi connectivity index (χ2v) is 4.95. The molecule has 0 aromatic carbocycles. The van der Waals surface area contributed by atoms with Gasteiger partial charge in [-0.1, -0.05) is 6.07 Å². The first-order valence-electron chi connectivity index (χ1n) is 5.95. The van der Waals surface area contributed by atoms with Crippen LogP contribution in [-0.2, 0) is 16.1 Å². The summed E-state index contributed by atoms with van der Waals surface area (Å²) in [5, 5.41) is 2.34. The monoisotopic (exact) mass is 263 g/mol. The Bertz CT molecular complexity index is 515. The second-order valence-electron chi connectivity index (χ2n) is 4.95. The molecule has 0 bridgehead atoms. The van der Waals surface area contributed by atoms with Gasteiger partial charge < -0.3 is 5.43 Å². The minimum absolute atomic E-state index is 0.167. The highest BCUT2D eigenvalue weighted by molar-refractivity contribution is 6.02. The van der Waals surface area contributed by atoms with Gasteiger partial charge in [-0.05, 0) is 26.0 Å². The van der Waals surface area contributed by atoms with E-state index in [4.69, 9.17) is 5.84 Å². The van der Waals surface area contributed by atoms with Gasteiger partial charge in [0.1, 0.15) is 5.82 Å². The Hall–Kier alpha value is -1.99.